The van der Waals surface area contributed by atoms with E-state index in [-0.39, 0.29) is 0 Å². The van der Waals surface area contributed by atoms with E-state index in [4.69, 9.17) is 9.47 Å². The van der Waals surface area contributed by atoms with Crippen LogP contribution >= 0.6 is 0 Å². The van der Waals surface area contributed by atoms with Gasteiger partial charge in [-0.2, -0.15) is 0 Å². The molecule has 0 radical (unpaired) electrons. The van der Waals surface area contributed by atoms with E-state index in [9.17, 15) is 9.59 Å². The van der Waals surface area contributed by atoms with Crippen LogP contribution in [0.15, 0.2) is 0 Å². The number of rotatable bonds is 7. The van der Waals surface area contributed by atoms with E-state index in [2.05, 4.69) is 5.32 Å². The van der Waals surface area contributed by atoms with Gasteiger partial charge < -0.3 is 14.8 Å². The quantitative estimate of drug-likeness (QED) is 0.698. The number of ketones is 1. The summed E-state index contributed by atoms with van der Waals surface area (Å²) >= 11 is 0. The minimum absolute atomic E-state index is 0.443. The minimum atomic E-state index is -0.651. The van der Waals surface area contributed by atoms with Crippen molar-refractivity contribution in [1.82, 2.24) is 5.32 Å². The third-order valence-electron chi connectivity index (χ3n) is 3.76. The number of hydrogen-bond acceptors (Lipinski definition) is 4. The van der Waals surface area contributed by atoms with Gasteiger partial charge in [0.1, 0.15) is 6.10 Å². The van der Waals surface area contributed by atoms with Gasteiger partial charge in [-0.1, -0.05) is 0 Å². The highest BCUT2D eigenvalue weighted by Crippen LogP contribution is 2.27. The lowest BCUT2D eigenvalue weighted by Gasteiger charge is -2.23. The Hall–Kier alpha value is -0.940. The van der Waals surface area contributed by atoms with Crippen LogP contribution in [0.2, 0.25) is 0 Å². The maximum absolute atomic E-state index is 11.8. The zero-order valence-electron chi connectivity index (χ0n) is 11.5. The molecule has 1 atom stereocenters. The molecular formula is C14H23NO4. The lowest BCUT2D eigenvalue weighted by Crippen LogP contribution is -2.39. The molecule has 0 spiro atoms. The first-order valence-corrected chi connectivity index (χ1v) is 7.18. The maximum Gasteiger partial charge on any atom is 0.290 e. The van der Waals surface area contributed by atoms with E-state index in [1.807, 2.05) is 0 Å². The second-order valence-electron chi connectivity index (χ2n) is 5.55. The van der Waals surface area contributed by atoms with Gasteiger partial charge in [0.05, 0.1) is 6.61 Å². The molecule has 0 aromatic carbocycles. The zero-order chi connectivity index (χ0) is 13.7. The third kappa shape index (κ3) is 4.91. The first-order chi connectivity index (χ1) is 9.16. The Morgan fingerprint density at radius 1 is 1.21 bits per heavy atom. The van der Waals surface area contributed by atoms with Crippen LogP contribution < -0.4 is 5.32 Å². The molecule has 1 unspecified atom stereocenters. The van der Waals surface area contributed by atoms with Crippen LogP contribution in [0.4, 0.5) is 0 Å². The number of carbonyl (C=O) groups excluding carboxylic acids is 2. The van der Waals surface area contributed by atoms with Crippen LogP contribution in [-0.4, -0.2) is 44.2 Å². The molecule has 1 N–H and O–H groups in total. The Labute approximate surface area is 114 Å². The van der Waals surface area contributed by atoms with E-state index in [0.717, 1.165) is 38.9 Å². The molecule has 5 nitrogen and oxygen atoms in total. The molecule has 5 heteroatoms. The van der Waals surface area contributed by atoms with Crippen LogP contribution in [0.5, 0.6) is 0 Å². The predicted octanol–water partition coefficient (Wildman–Crippen LogP) is 0.913. The molecule has 108 valence electrons. The molecule has 0 bridgehead atoms. The van der Waals surface area contributed by atoms with Crippen molar-refractivity contribution in [2.24, 2.45) is 11.8 Å². The van der Waals surface area contributed by atoms with Crippen LogP contribution in [0.1, 0.15) is 32.6 Å². The largest absolute Gasteiger partial charge is 0.381 e. The standard InChI is InChI=1S/C14H23NO4/c1-10(19-9-12-4-6-18-7-5-12)13(16)14(17)15-8-11-2-3-11/h10-12H,2-9H2,1H3,(H,15,17). The van der Waals surface area contributed by atoms with Gasteiger partial charge in [0.25, 0.3) is 5.91 Å². The molecule has 1 saturated carbocycles. The van der Waals surface area contributed by atoms with Gasteiger partial charge in [-0.25, -0.2) is 0 Å². The van der Waals surface area contributed by atoms with Crippen molar-refractivity contribution in [3.63, 3.8) is 0 Å². The highest BCUT2D eigenvalue weighted by Gasteiger charge is 2.26. The molecule has 2 aliphatic rings. The highest BCUT2D eigenvalue weighted by molar-refractivity contribution is 6.37. The smallest absolute Gasteiger partial charge is 0.290 e. The molecule has 1 aliphatic heterocycles. The molecular weight excluding hydrogens is 246 g/mol. The number of carbonyl (C=O) groups is 2. The topological polar surface area (TPSA) is 64.6 Å². The Bertz CT molecular complexity index is 321. The van der Waals surface area contributed by atoms with Crippen molar-refractivity contribution in [3.8, 4) is 0 Å². The second-order valence-corrected chi connectivity index (χ2v) is 5.55. The molecule has 1 amide bonds. The van der Waals surface area contributed by atoms with Gasteiger partial charge in [0.15, 0.2) is 0 Å². The molecule has 0 aromatic rings. The fourth-order valence-electron chi connectivity index (χ4n) is 2.10. The molecule has 2 fully saturated rings. The molecule has 2 rings (SSSR count). The Morgan fingerprint density at radius 3 is 2.53 bits per heavy atom. The van der Waals surface area contributed by atoms with Crippen molar-refractivity contribution in [1.29, 1.82) is 0 Å². The zero-order valence-corrected chi connectivity index (χ0v) is 11.5. The van der Waals surface area contributed by atoms with E-state index in [1.165, 1.54) is 0 Å². The van der Waals surface area contributed by atoms with Crippen molar-refractivity contribution in [3.05, 3.63) is 0 Å². The fraction of sp³-hybridized carbons (Fsp3) is 0.857. The van der Waals surface area contributed by atoms with E-state index in [0.29, 0.717) is 25.0 Å². The lowest BCUT2D eigenvalue weighted by atomic mass is 10.0. The molecule has 1 saturated heterocycles. The van der Waals surface area contributed by atoms with E-state index < -0.39 is 17.8 Å². The average molecular weight is 269 g/mol. The summed E-state index contributed by atoms with van der Waals surface area (Å²) < 4.78 is 10.8. The van der Waals surface area contributed by atoms with Crippen molar-refractivity contribution >= 4 is 11.7 Å². The Morgan fingerprint density at radius 2 is 1.89 bits per heavy atom. The van der Waals surface area contributed by atoms with E-state index in [1.54, 1.807) is 6.92 Å². The summed E-state index contributed by atoms with van der Waals surface area (Å²) in [5.41, 5.74) is 0. The van der Waals surface area contributed by atoms with Gasteiger partial charge in [-0.05, 0) is 44.4 Å². The summed E-state index contributed by atoms with van der Waals surface area (Å²) in [6.07, 6.45) is 3.60. The van der Waals surface area contributed by atoms with Gasteiger partial charge >= 0.3 is 0 Å². The Kier molecular flexibility index (Phi) is 5.34. The number of ether oxygens (including phenoxy) is 2. The first-order valence-electron chi connectivity index (χ1n) is 7.18. The second kappa shape index (κ2) is 7.01. The van der Waals surface area contributed by atoms with Gasteiger partial charge in [0.2, 0.25) is 5.78 Å². The normalized spacial score (nSPS) is 21.9. The number of hydrogen-bond donors (Lipinski definition) is 1. The van der Waals surface area contributed by atoms with Crippen molar-refractivity contribution in [2.45, 2.75) is 38.7 Å². The average Bonchev–Trinajstić information content (AvgIpc) is 3.26. The van der Waals surface area contributed by atoms with Crippen LogP contribution in [0.25, 0.3) is 0 Å². The summed E-state index contributed by atoms with van der Waals surface area (Å²) in [5, 5.41) is 2.67. The summed E-state index contributed by atoms with van der Waals surface area (Å²) in [6, 6.07) is 0. The summed E-state index contributed by atoms with van der Waals surface area (Å²) in [4.78, 5) is 23.4. The van der Waals surface area contributed by atoms with Gasteiger partial charge in [-0.3, -0.25) is 9.59 Å². The van der Waals surface area contributed by atoms with Crippen molar-refractivity contribution < 1.29 is 19.1 Å². The summed E-state index contributed by atoms with van der Waals surface area (Å²) in [7, 11) is 0. The molecule has 1 heterocycles. The lowest BCUT2D eigenvalue weighted by molar-refractivity contribution is -0.145. The first kappa shape index (κ1) is 14.5. The molecule has 0 aromatic heterocycles. The van der Waals surface area contributed by atoms with Crippen LogP contribution in [-0.2, 0) is 19.1 Å². The number of amides is 1. The van der Waals surface area contributed by atoms with Crippen molar-refractivity contribution in [2.75, 3.05) is 26.4 Å². The van der Waals surface area contributed by atoms with Crippen LogP contribution in [0, 0.1) is 11.8 Å². The van der Waals surface area contributed by atoms with E-state index >= 15 is 0 Å². The summed E-state index contributed by atoms with van der Waals surface area (Å²) in [6.45, 7) is 4.33. The fourth-order valence-corrected chi connectivity index (χ4v) is 2.10. The monoisotopic (exact) mass is 269 g/mol. The SMILES string of the molecule is CC(OCC1CCOCC1)C(=O)C(=O)NCC1CC1. The highest BCUT2D eigenvalue weighted by atomic mass is 16.5. The van der Waals surface area contributed by atoms with Gasteiger partial charge in [-0.15, -0.1) is 0 Å². The molecule has 1 aliphatic carbocycles. The maximum atomic E-state index is 11.8. The number of nitrogens with one attached hydrogen (secondary N) is 1. The Balaban J connectivity index is 1.63. The van der Waals surface area contributed by atoms with Crippen LogP contribution in [0.3, 0.4) is 0 Å². The van der Waals surface area contributed by atoms with Gasteiger partial charge in [0, 0.05) is 19.8 Å². The third-order valence-corrected chi connectivity index (χ3v) is 3.76. The molecule has 19 heavy (non-hydrogen) atoms. The number of Topliss-reactive ketones (excluding diaryl/α,β-unsaturated/α-hetero) is 1. The predicted molar refractivity (Wildman–Crippen MR) is 69.7 cm³/mol. The summed E-state index contributed by atoms with van der Waals surface area (Å²) in [5.74, 6) is 0.0489. The minimum Gasteiger partial charge on any atom is -0.381 e.